The summed E-state index contributed by atoms with van der Waals surface area (Å²) in [5.74, 6) is 0.133. The van der Waals surface area contributed by atoms with Crippen molar-refractivity contribution in [3.8, 4) is 0 Å². The molecule has 3 N–H and O–H groups in total. The van der Waals surface area contributed by atoms with Crippen LogP contribution in [0, 0.1) is 0 Å². The first kappa shape index (κ1) is 14.8. The van der Waals surface area contributed by atoms with E-state index in [4.69, 9.17) is 5.73 Å². The summed E-state index contributed by atoms with van der Waals surface area (Å²) < 4.78 is 0. The van der Waals surface area contributed by atoms with Gasteiger partial charge in [0.05, 0.1) is 0 Å². The first-order valence-corrected chi connectivity index (χ1v) is 7.61. The molecule has 0 saturated heterocycles. The van der Waals surface area contributed by atoms with Gasteiger partial charge in [-0.05, 0) is 28.5 Å². The van der Waals surface area contributed by atoms with Gasteiger partial charge in [0.15, 0.2) is 0 Å². The van der Waals surface area contributed by atoms with Gasteiger partial charge in [-0.1, -0.05) is 44.2 Å². The lowest BCUT2D eigenvalue weighted by molar-refractivity contribution is -0.120. The average Bonchev–Trinajstić information content (AvgIpc) is 2.92. The van der Waals surface area contributed by atoms with Crippen LogP contribution < -0.4 is 11.1 Å². The quantitative estimate of drug-likeness (QED) is 0.857. The van der Waals surface area contributed by atoms with E-state index in [9.17, 15) is 4.79 Å². The van der Waals surface area contributed by atoms with Gasteiger partial charge < -0.3 is 5.73 Å². The number of nitrogens with one attached hydrogen (secondary N) is 1. The molecular formula is C16H20N2OS. The van der Waals surface area contributed by atoms with Gasteiger partial charge in [0.1, 0.15) is 6.04 Å². The normalized spacial score (nSPS) is 12.6. The molecule has 1 heterocycles. The zero-order valence-corrected chi connectivity index (χ0v) is 12.6. The first-order chi connectivity index (χ1) is 9.58. The highest BCUT2D eigenvalue weighted by molar-refractivity contribution is 7.09. The van der Waals surface area contributed by atoms with Gasteiger partial charge in [0, 0.05) is 11.4 Å². The smallest absolute Gasteiger partial charge is 0.239 e. The van der Waals surface area contributed by atoms with Crippen LogP contribution in [0.25, 0.3) is 0 Å². The van der Waals surface area contributed by atoms with Crippen molar-refractivity contribution in [1.29, 1.82) is 0 Å². The number of hydrogen-bond donors (Lipinski definition) is 2. The summed E-state index contributed by atoms with van der Waals surface area (Å²) in [6, 6.07) is 11.7. The topological polar surface area (TPSA) is 55.1 Å². The molecule has 1 atom stereocenters. The van der Waals surface area contributed by atoms with Crippen LogP contribution in [0.2, 0.25) is 0 Å². The van der Waals surface area contributed by atoms with Crippen molar-refractivity contribution < 1.29 is 4.79 Å². The number of primary amides is 1. The Morgan fingerprint density at radius 3 is 2.35 bits per heavy atom. The van der Waals surface area contributed by atoms with Crippen molar-refractivity contribution in [3.63, 3.8) is 0 Å². The fraction of sp³-hybridized carbons (Fsp3) is 0.312. The Hall–Kier alpha value is -1.65. The summed E-state index contributed by atoms with van der Waals surface area (Å²) >= 11 is 1.66. The summed E-state index contributed by atoms with van der Waals surface area (Å²) in [7, 11) is 0. The highest BCUT2D eigenvalue weighted by atomic mass is 32.1. The van der Waals surface area contributed by atoms with E-state index in [0.717, 1.165) is 5.56 Å². The fourth-order valence-electron chi connectivity index (χ4n) is 2.07. The van der Waals surface area contributed by atoms with Crippen LogP contribution in [0.15, 0.2) is 41.8 Å². The van der Waals surface area contributed by atoms with Crippen molar-refractivity contribution >= 4 is 17.2 Å². The van der Waals surface area contributed by atoms with E-state index in [-0.39, 0.29) is 5.91 Å². The second-order valence-corrected chi connectivity index (χ2v) is 6.15. The minimum Gasteiger partial charge on any atom is -0.368 e. The van der Waals surface area contributed by atoms with E-state index in [1.165, 1.54) is 10.4 Å². The third kappa shape index (κ3) is 3.68. The highest BCUT2D eigenvalue weighted by Crippen LogP contribution is 2.19. The Morgan fingerprint density at radius 1 is 1.20 bits per heavy atom. The molecule has 0 aliphatic carbocycles. The van der Waals surface area contributed by atoms with E-state index in [0.29, 0.717) is 12.5 Å². The zero-order valence-electron chi connectivity index (χ0n) is 11.8. The third-order valence-electron chi connectivity index (χ3n) is 3.28. The molecule has 2 aromatic rings. The van der Waals surface area contributed by atoms with Crippen LogP contribution in [0.4, 0.5) is 0 Å². The predicted octanol–water partition coefficient (Wildman–Crippen LogP) is 3.19. The molecular weight excluding hydrogens is 268 g/mol. The molecule has 4 heteroatoms. The predicted molar refractivity (Wildman–Crippen MR) is 83.6 cm³/mol. The van der Waals surface area contributed by atoms with Crippen LogP contribution in [0.1, 0.15) is 41.8 Å². The zero-order chi connectivity index (χ0) is 14.5. The van der Waals surface area contributed by atoms with Crippen LogP contribution in [-0.4, -0.2) is 5.91 Å². The molecule has 0 aliphatic rings. The highest BCUT2D eigenvalue weighted by Gasteiger charge is 2.17. The number of rotatable bonds is 6. The molecule has 2 rings (SSSR count). The summed E-state index contributed by atoms with van der Waals surface area (Å²) in [5.41, 5.74) is 7.68. The lowest BCUT2D eigenvalue weighted by atomic mass is 9.99. The molecule has 106 valence electrons. The molecule has 1 aromatic carbocycles. The van der Waals surface area contributed by atoms with E-state index in [1.807, 2.05) is 29.6 Å². The number of hydrogen-bond acceptors (Lipinski definition) is 3. The third-order valence-corrected chi connectivity index (χ3v) is 4.16. The maximum absolute atomic E-state index is 11.6. The van der Waals surface area contributed by atoms with Crippen LogP contribution in [-0.2, 0) is 11.3 Å². The first-order valence-electron chi connectivity index (χ1n) is 6.73. The molecule has 0 bridgehead atoms. The van der Waals surface area contributed by atoms with Crippen molar-refractivity contribution in [2.45, 2.75) is 32.4 Å². The standard InChI is InChI=1S/C16H20N2OS/c1-11(2)12-5-7-13(8-6-12)15(16(17)19)18-10-14-4-3-9-20-14/h3-9,11,15,18H,10H2,1-2H3,(H2,17,19). The maximum atomic E-state index is 11.6. The molecule has 3 nitrogen and oxygen atoms in total. The monoisotopic (exact) mass is 288 g/mol. The maximum Gasteiger partial charge on any atom is 0.239 e. The van der Waals surface area contributed by atoms with Crippen molar-refractivity contribution in [2.24, 2.45) is 5.73 Å². The summed E-state index contributed by atoms with van der Waals surface area (Å²) in [6.07, 6.45) is 0. The van der Waals surface area contributed by atoms with Crippen LogP contribution in [0.3, 0.4) is 0 Å². The lowest BCUT2D eigenvalue weighted by Crippen LogP contribution is -2.33. The van der Waals surface area contributed by atoms with Gasteiger partial charge in [0.2, 0.25) is 5.91 Å². The van der Waals surface area contributed by atoms with Gasteiger partial charge in [0.25, 0.3) is 0 Å². The van der Waals surface area contributed by atoms with E-state index in [2.05, 4.69) is 31.3 Å². The number of carbonyl (C=O) groups is 1. The van der Waals surface area contributed by atoms with Gasteiger partial charge in [-0.2, -0.15) is 0 Å². The molecule has 0 radical (unpaired) electrons. The molecule has 1 aromatic heterocycles. The summed E-state index contributed by atoms with van der Waals surface area (Å²) in [4.78, 5) is 12.8. The largest absolute Gasteiger partial charge is 0.368 e. The number of benzene rings is 1. The van der Waals surface area contributed by atoms with E-state index >= 15 is 0 Å². The summed E-state index contributed by atoms with van der Waals surface area (Å²) in [6.45, 7) is 4.95. The number of thiophene rings is 1. The molecule has 20 heavy (non-hydrogen) atoms. The minimum absolute atomic E-state index is 0.348. The van der Waals surface area contributed by atoms with Crippen molar-refractivity contribution in [3.05, 3.63) is 57.8 Å². The van der Waals surface area contributed by atoms with Crippen LogP contribution in [0.5, 0.6) is 0 Å². The molecule has 0 spiro atoms. The van der Waals surface area contributed by atoms with Gasteiger partial charge in [-0.15, -0.1) is 11.3 Å². The summed E-state index contributed by atoms with van der Waals surface area (Å²) in [5, 5.41) is 5.24. The Morgan fingerprint density at radius 2 is 1.85 bits per heavy atom. The Labute approximate surface area is 123 Å². The molecule has 0 fully saturated rings. The lowest BCUT2D eigenvalue weighted by Gasteiger charge is -2.16. The average molecular weight is 288 g/mol. The second kappa shape index (κ2) is 6.68. The van der Waals surface area contributed by atoms with Crippen molar-refractivity contribution in [1.82, 2.24) is 5.32 Å². The van der Waals surface area contributed by atoms with Gasteiger partial charge in [-0.3, -0.25) is 10.1 Å². The molecule has 1 unspecified atom stereocenters. The Balaban J connectivity index is 2.09. The Bertz CT molecular complexity index is 546. The number of nitrogens with two attached hydrogens (primary N) is 1. The van der Waals surface area contributed by atoms with Gasteiger partial charge >= 0.3 is 0 Å². The van der Waals surface area contributed by atoms with E-state index in [1.54, 1.807) is 11.3 Å². The molecule has 0 saturated carbocycles. The van der Waals surface area contributed by atoms with Crippen LogP contribution >= 0.6 is 11.3 Å². The van der Waals surface area contributed by atoms with Crippen molar-refractivity contribution in [2.75, 3.05) is 0 Å². The van der Waals surface area contributed by atoms with Gasteiger partial charge in [-0.25, -0.2) is 0 Å². The number of amides is 1. The SMILES string of the molecule is CC(C)c1ccc(C(NCc2cccs2)C(N)=O)cc1. The molecule has 1 amide bonds. The molecule has 0 aliphatic heterocycles. The minimum atomic E-state index is -0.446. The second-order valence-electron chi connectivity index (χ2n) is 5.12. The number of carbonyl (C=O) groups excluding carboxylic acids is 1. The Kier molecular flexibility index (Phi) is 4.93. The fourth-order valence-corrected chi connectivity index (χ4v) is 2.73. The van der Waals surface area contributed by atoms with E-state index < -0.39 is 6.04 Å².